The number of aromatic nitrogens is 2. The summed E-state index contributed by atoms with van der Waals surface area (Å²) in [6, 6.07) is 9.76. The molecule has 0 saturated carbocycles. The molecule has 3 aromatic heterocycles. The number of rotatable bonds is 5. The number of nitrogens with one attached hydrogen (secondary N) is 1. The second-order valence-corrected chi connectivity index (χ2v) is 7.94. The van der Waals surface area contributed by atoms with Crippen LogP contribution in [0, 0.1) is 0 Å². The highest BCUT2D eigenvalue weighted by molar-refractivity contribution is 9.11. The molecular formula is C15H12BrN3OS2. The second kappa shape index (κ2) is 7.04. The molecule has 7 heteroatoms. The van der Waals surface area contributed by atoms with Crippen LogP contribution in [-0.2, 0) is 11.3 Å². The molecular weight excluding hydrogens is 382 g/mol. The Morgan fingerprint density at radius 1 is 1.36 bits per heavy atom. The first-order chi connectivity index (χ1) is 10.7. The monoisotopic (exact) mass is 393 g/mol. The summed E-state index contributed by atoms with van der Waals surface area (Å²) in [5.74, 6) is 0.521. The molecule has 0 aliphatic heterocycles. The van der Waals surface area contributed by atoms with Crippen LogP contribution >= 0.6 is 38.6 Å². The molecule has 0 spiro atoms. The summed E-state index contributed by atoms with van der Waals surface area (Å²) in [6.45, 7) is 0.655. The largest absolute Gasteiger partial charge is 0.307 e. The van der Waals surface area contributed by atoms with Crippen molar-refractivity contribution in [2.75, 3.05) is 5.32 Å². The highest BCUT2D eigenvalue weighted by Crippen LogP contribution is 2.23. The van der Waals surface area contributed by atoms with Crippen LogP contribution < -0.4 is 5.32 Å². The second-order valence-electron chi connectivity index (χ2n) is 4.42. The normalized spacial score (nSPS) is 11.1. The summed E-state index contributed by atoms with van der Waals surface area (Å²) in [4.78, 5) is 14.2. The molecule has 1 N–H and O–H groups in total. The molecule has 0 aromatic carbocycles. The van der Waals surface area contributed by atoms with E-state index in [0.29, 0.717) is 12.4 Å². The Morgan fingerprint density at radius 3 is 3.00 bits per heavy atom. The topological polar surface area (TPSA) is 46.9 Å². The van der Waals surface area contributed by atoms with Gasteiger partial charge < -0.3 is 5.32 Å². The van der Waals surface area contributed by atoms with E-state index in [1.165, 1.54) is 11.0 Å². The molecule has 22 heavy (non-hydrogen) atoms. The van der Waals surface area contributed by atoms with E-state index in [0.717, 1.165) is 8.66 Å². The molecule has 0 aliphatic carbocycles. The van der Waals surface area contributed by atoms with E-state index in [2.05, 4.69) is 26.3 Å². The molecule has 1 amide bonds. The van der Waals surface area contributed by atoms with Crippen LogP contribution in [0.25, 0.3) is 6.08 Å². The van der Waals surface area contributed by atoms with Crippen molar-refractivity contribution in [3.8, 4) is 0 Å². The molecule has 4 nitrogen and oxygen atoms in total. The molecule has 3 rings (SSSR count). The Hall–Kier alpha value is -1.70. The van der Waals surface area contributed by atoms with Crippen LogP contribution in [0.4, 0.5) is 5.82 Å². The van der Waals surface area contributed by atoms with Crippen molar-refractivity contribution >= 4 is 56.4 Å². The lowest BCUT2D eigenvalue weighted by molar-refractivity contribution is -0.111. The van der Waals surface area contributed by atoms with E-state index in [1.807, 2.05) is 29.6 Å². The standard InChI is InChI=1S/C15H12BrN3OS2/c16-13-5-3-11(22-13)4-6-15(20)18-14-7-8-17-19(14)10-12-2-1-9-21-12/h1-9H,10H2,(H,18,20)/b6-4+. The lowest BCUT2D eigenvalue weighted by atomic mass is 10.4. The molecule has 0 atom stereocenters. The highest BCUT2D eigenvalue weighted by Gasteiger charge is 2.06. The summed E-state index contributed by atoms with van der Waals surface area (Å²) in [5, 5.41) is 9.13. The van der Waals surface area contributed by atoms with Gasteiger partial charge in [0.2, 0.25) is 5.91 Å². The van der Waals surface area contributed by atoms with Gasteiger partial charge in [0.25, 0.3) is 0 Å². The average molecular weight is 394 g/mol. The van der Waals surface area contributed by atoms with Crippen molar-refractivity contribution < 1.29 is 4.79 Å². The number of carbonyl (C=O) groups excluding carboxylic acids is 1. The van der Waals surface area contributed by atoms with Gasteiger partial charge in [-0.25, -0.2) is 4.68 Å². The summed E-state index contributed by atoms with van der Waals surface area (Å²) in [5.41, 5.74) is 0. The van der Waals surface area contributed by atoms with E-state index in [1.54, 1.807) is 45.7 Å². The third kappa shape index (κ3) is 3.94. The molecule has 112 valence electrons. The fourth-order valence-corrected chi connectivity index (χ4v) is 3.87. The van der Waals surface area contributed by atoms with Crippen molar-refractivity contribution in [2.24, 2.45) is 0 Å². The van der Waals surface area contributed by atoms with Crippen LogP contribution in [0.3, 0.4) is 0 Å². The summed E-state index contributed by atoms with van der Waals surface area (Å²) >= 11 is 6.64. The Morgan fingerprint density at radius 2 is 2.27 bits per heavy atom. The molecule has 3 heterocycles. The van der Waals surface area contributed by atoms with E-state index >= 15 is 0 Å². The number of thiophene rings is 2. The maximum absolute atomic E-state index is 12.0. The molecule has 0 saturated heterocycles. The zero-order valence-electron chi connectivity index (χ0n) is 11.4. The number of carbonyl (C=O) groups is 1. The first-order valence-electron chi connectivity index (χ1n) is 6.49. The number of hydrogen-bond acceptors (Lipinski definition) is 4. The van der Waals surface area contributed by atoms with E-state index in [4.69, 9.17) is 0 Å². The molecule has 0 unspecified atom stereocenters. The predicted molar refractivity (Wildman–Crippen MR) is 95.3 cm³/mol. The van der Waals surface area contributed by atoms with Gasteiger partial charge in [0, 0.05) is 21.9 Å². The van der Waals surface area contributed by atoms with Gasteiger partial charge >= 0.3 is 0 Å². The molecule has 0 radical (unpaired) electrons. The van der Waals surface area contributed by atoms with E-state index in [9.17, 15) is 4.79 Å². The van der Waals surface area contributed by atoms with Gasteiger partial charge in [-0.05, 0) is 45.6 Å². The SMILES string of the molecule is O=C(/C=C/c1ccc(Br)s1)Nc1ccnn1Cc1cccs1. The van der Waals surface area contributed by atoms with E-state index < -0.39 is 0 Å². The predicted octanol–water partition coefficient (Wildman–Crippen LogP) is 4.47. The Bertz CT molecular complexity index is 789. The average Bonchev–Trinajstić information content (AvgIpc) is 3.22. The summed E-state index contributed by atoms with van der Waals surface area (Å²) in [7, 11) is 0. The maximum atomic E-state index is 12.0. The number of nitrogens with zero attached hydrogens (tertiary/aromatic N) is 2. The minimum absolute atomic E-state index is 0.169. The van der Waals surface area contributed by atoms with Gasteiger partial charge in [-0.3, -0.25) is 4.79 Å². The van der Waals surface area contributed by atoms with Crippen molar-refractivity contribution in [3.63, 3.8) is 0 Å². The third-order valence-corrected chi connectivity index (χ3v) is 5.30. The Kier molecular flexibility index (Phi) is 4.87. The highest BCUT2D eigenvalue weighted by atomic mass is 79.9. The van der Waals surface area contributed by atoms with Crippen LogP contribution in [-0.4, -0.2) is 15.7 Å². The quantitative estimate of drug-likeness (QED) is 0.649. The van der Waals surface area contributed by atoms with Gasteiger partial charge in [-0.15, -0.1) is 22.7 Å². The number of amides is 1. The fourth-order valence-electron chi connectivity index (χ4n) is 1.86. The summed E-state index contributed by atoms with van der Waals surface area (Å²) in [6.07, 6.45) is 5.01. The maximum Gasteiger partial charge on any atom is 0.249 e. The molecule has 0 bridgehead atoms. The van der Waals surface area contributed by atoms with Crippen molar-refractivity contribution in [2.45, 2.75) is 6.54 Å². The van der Waals surface area contributed by atoms with Gasteiger partial charge in [0.15, 0.2) is 0 Å². The first kappa shape index (κ1) is 15.2. The molecule has 0 aliphatic rings. The number of hydrogen-bond donors (Lipinski definition) is 1. The van der Waals surface area contributed by atoms with Gasteiger partial charge in [0.05, 0.1) is 16.5 Å². The van der Waals surface area contributed by atoms with Gasteiger partial charge in [0.1, 0.15) is 5.82 Å². The van der Waals surface area contributed by atoms with Crippen LogP contribution in [0.15, 0.2) is 51.8 Å². The minimum atomic E-state index is -0.169. The minimum Gasteiger partial charge on any atom is -0.307 e. The fraction of sp³-hybridized carbons (Fsp3) is 0.0667. The van der Waals surface area contributed by atoms with Gasteiger partial charge in [-0.1, -0.05) is 6.07 Å². The number of halogens is 1. The van der Waals surface area contributed by atoms with Crippen LogP contribution in [0.5, 0.6) is 0 Å². The Labute approximate surface area is 144 Å². The lowest BCUT2D eigenvalue weighted by Crippen LogP contribution is -2.13. The van der Waals surface area contributed by atoms with Gasteiger partial charge in [-0.2, -0.15) is 5.10 Å². The van der Waals surface area contributed by atoms with Crippen molar-refractivity contribution in [1.29, 1.82) is 0 Å². The Balaban J connectivity index is 1.64. The molecule has 0 fully saturated rings. The zero-order chi connectivity index (χ0) is 15.4. The van der Waals surface area contributed by atoms with E-state index in [-0.39, 0.29) is 5.91 Å². The van der Waals surface area contributed by atoms with Crippen molar-refractivity contribution in [1.82, 2.24) is 9.78 Å². The molecule has 3 aromatic rings. The third-order valence-electron chi connectivity index (χ3n) is 2.85. The van der Waals surface area contributed by atoms with Crippen LogP contribution in [0.1, 0.15) is 9.75 Å². The number of anilines is 1. The lowest BCUT2D eigenvalue weighted by Gasteiger charge is -2.06. The summed E-state index contributed by atoms with van der Waals surface area (Å²) < 4.78 is 2.82. The van der Waals surface area contributed by atoms with Crippen LogP contribution in [0.2, 0.25) is 0 Å². The zero-order valence-corrected chi connectivity index (χ0v) is 14.6. The smallest absolute Gasteiger partial charge is 0.249 e. The first-order valence-corrected chi connectivity index (χ1v) is 8.98. The van der Waals surface area contributed by atoms with Crippen molar-refractivity contribution in [3.05, 3.63) is 61.5 Å².